The van der Waals surface area contributed by atoms with Crippen LogP contribution in [0.3, 0.4) is 0 Å². The third kappa shape index (κ3) is 6.18. The molecule has 0 radical (unpaired) electrons. The van der Waals surface area contributed by atoms with Crippen LogP contribution >= 0.6 is 0 Å². The van der Waals surface area contributed by atoms with E-state index in [-0.39, 0.29) is 6.61 Å². The molecule has 0 aromatic heterocycles. The summed E-state index contributed by atoms with van der Waals surface area (Å²) in [6, 6.07) is 9.06. The van der Waals surface area contributed by atoms with Gasteiger partial charge in [-0.05, 0) is 19.4 Å². The Hall–Kier alpha value is -2.21. The van der Waals surface area contributed by atoms with Gasteiger partial charge in [-0.2, -0.15) is 0 Å². The number of ketones is 1. The summed E-state index contributed by atoms with van der Waals surface area (Å²) in [6.07, 6.45) is -2.92. The van der Waals surface area contributed by atoms with E-state index in [1.165, 1.54) is 13.8 Å². The first-order chi connectivity index (χ1) is 9.90. The van der Waals surface area contributed by atoms with Crippen LogP contribution in [0, 0.1) is 0 Å². The number of esters is 2. The standard InChI is InChI=1S/C15H18O6/c1-10(16)13(17)8-14(18)21-11(2)15(19)20-9-12-6-4-3-5-7-12/h3-7,10-11,16H,8-9H2,1-2H3. The SMILES string of the molecule is CC(O)C(=O)CC(=O)OC(C)C(=O)OCc1ccccc1. The second kappa shape index (κ2) is 8.16. The minimum Gasteiger partial charge on any atom is -0.458 e. The van der Waals surface area contributed by atoms with Gasteiger partial charge in [-0.25, -0.2) is 4.79 Å². The summed E-state index contributed by atoms with van der Waals surface area (Å²) < 4.78 is 9.77. The lowest BCUT2D eigenvalue weighted by molar-refractivity contribution is -0.168. The molecule has 6 nitrogen and oxygen atoms in total. The highest BCUT2D eigenvalue weighted by molar-refractivity contribution is 5.98. The molecule has 1 N–H and O–H groups in total. The number of carbonyl (C=O) groups excluding carboxylic acids is 3. The smallest absolute Gasteiger partial charge is 0.347 e. The van der Waals surface area contributed by atoms with Gasteiger partial charge in [0.2, 0.25) is 0 Å². The number of aliphatic hydroxyl groups is 1. The fourth-order valence-electron chi connectivity index (χ4n) is 1.42. The number of benzene rings is 1. The first-order valence-corrected chi connectivity index (χ1v) is 6.51. The number of ether oxygens (including phenoxy) is 2. The molecule has 21 heavy (non-hydrogen) atoms. The van der Waals surface area contributed by atoms with E-state index in [0.29, 0.717) is 0 Å². The normalized spacial score (nSPS) is 13.1. The molecular formula is C15H18O6. The summed E-state index contributed by atoms with van der Waals surface area (Å²) in [6.45, 7) is 2.69. The van der Waals surface area contributed by atoms with E-state index in [1.807, 2.05) is 18.2 Å². The summed E-state index contributed by atoms with van der Waals surface area (Å²) in [7, 11) is 0. The first-order valence-electron chi connectivity index (χ1n) is 6.51. The number of Topliss-reactive ketones (excluding diaryl/α,β-unsaturated/α-hetero) is 1. The van der Waals surface area contributed by atoms with Gasteiger partial charge in [-0.1, -0.05) is 30.3 Å². The molecule has 2 unspecified atom stereocenters. The maximum absolute atomic E-state index is 11.6. The Labute approximate surface area is 122 Å². The van der Waals surface area contributed by atoms with Crippen LogP contribution in [-0.4, -0.2) is 35.0 Å². The average molecular weight is 294 g/mol. The van der Waals surface area contributed by atoms with Crippen LogP contribution in [0.1, 0.15) is 25.8 Å². The first kappa shape index (κ1) is 16.8. The minimum absolute atomic E-state index is 0.0775. The average Bonchev–Trinajstić information content (AvgIpc) is 2.45. The lowest BCUT2D eigenvalue weighted by atomic mass is 10.2. The molecule has 0 aliphatic rings. The lowest BCUT2D eigenvalue weighted by Crippen LogP contribution is -2.28. The summed E-state index contributed by atoms with van der Waals surface area (Å²) in [4.78, 5) is 34.2. The van der Waals surface area contributed by atoms with Crippen molar-refractivity contribution >= 4 is 17.7 Å². The Morgan fingerprint density at radius 3 is 2.33 bits per heavy atom. The van der Waals surface area contributed by atoms with Crippen LogP contribution in [0.25, 0.3) is 0 Å². The number of carbonyl (C=O) groups is 3. The topological polar surface area (TPSA) is 89.9 Å². The van der Waals surface area contributed by atoms with Crippen molar-refractivity contribution in [2.45, 2.75) is 39.1 Å². The van der Waals surface area contributed by atoms with Crippen molar-refractivity contribution in [3.05, 3.63) is 35.9 Å². The summed E-state index contributed by atoms with van der Waals surface area (Å²) in [5.41, 5.74) is 0.814. The van der Waals surface area contributed by atoms with Crippen LogP contribution in [-0.2, 0) is 30.5 Å². The van der Waals surface area contributed by atoms with Crippen LogP contribution < -0.4 is 0 Å². The predicted molar refractivity (Wildman–Crippen MR) is 73.1 cm³/mol. The van der Waals surface area contributed by atoms with E-state index in [0.717, 1.165) is 5.56 Å². The molecule has 1 rings (SSSR count). The second-order valence-electron chi connectivity index (χ2n) is 4.54. The van der Waals surface area contributed by atoms with Gasteiger partial charge in [-0.15, -0.1) is 0 Å². The molecule has 114 valence electrons. The lowest BCUT2D eigenvalue weighted by Gasteiger charge is -2.13. The fraction of sp³-hybridized carbons (Fsp3) is 0.400. The van der Waals surface area contributed by atoms with Gasteiger partial charge < -0.3 is 14.6 Å². The molecule has 1 aromatic rings. The molecular weight excluding hydrogens is 276 g/mol. The van der Waals surface area contributed by atoms with Crippen molar-refractivity contribution in [3.8, 4) is 0 Å². The highest BCUT2D eigenvalue weighted by atomic mass is 16.6. The maximum Gasteiger partial charge on any atom is 0.347 e. The highest BCUT2D eigenvalue weighted by Gasteiger charge is 2.22. The fourth-order valence-corrected chi connectivity index (χ4v) is 1.42. The molecule has 0 saturated heterocycles. The number of hydrogen-bond donors (Lipinski definition) is 1. The minimum atomic E-state index is -1.24. The molecule has 0 aliphatic heterocycles. The van der Waals surface area contributed by atoms with Crippen LogP contribution in [0.2, 0.25) is 0 Å². The van der Waals surface area contributed by atoms with E-state index in [1.54, 1.807) is 12.1 Å². The van der Waals surface area contributed by atoms with E-state index < -0.39 is 36.4 Å². The third-order valence-electron chi connectivity index (χ3n) is 2.65. The molecule has 6 heteroatoms. The Morgan fingerprint density at radius 2 is 1.76 bits per heavy atom. The molecule has 0 fully saturated rings. The predicted octanol–water partition coefficient (Wildman–Crippen LogP) is 1.00. The maximum atomic E-state index is 11.6. The zero-order chi connectivity index (χ0) is 15.8. The second-order valence-corrected chi connectivity index (χ2v) is 4.54. The number of rotatable bonds is 7. The monoisotopic (exact) mass is 294 g/mol. The van der Waals surface area contributed by atoms with Crippen LogP contribution in [0.15, 0.2) is 30.3 Å². The Balaban J connectivity index is 2.37. The summed E-state index contributed by atoms with van der Waals surface area (Å²) in [5, 5.41) is 8.97. The van der Waals surface area contributed by atoms with E-state index >= 15 is 0 Å². The van der Waals surface area contributed by atoms with Gasteiger partial charge in [0.05, 0.1) is 0 Å². The van der Waals surface area contributed by atoms with Crippen molar-refractivity contribution < 1.29 is 29.0 Å². The summed E-state index contributed by atoms with van der Waals surface area (Å²) >= 11 is 0. The molecule has 0 aliphatic carbocycles. The van der Waals surface area contributed by atoms with E-state index in [9.17, 15) is 14.4 Å². The zero-order valence-electron chi connectivity index (χ0n) is 11.9. The molecule has 0 heterocycles. The van der Waals surface area contributed by atoms with Gasteiger partial charge in [0.15, 0.2) is 11.9 Å². The molecule has 0 spiro atoms. The molecule has 2 atom stereocenters. The molecule has 0 bridgehead atoms. The summed E-state index contributed by atoms with van der Waals surface area (Å²) in [5.74, 6) is -2.23. The van der Waals surface area contributed by atoms with Crippen molar-refractivity contribution in [1.29, 1.82) is 0 Å². The van der Waals surface area contributed by atoms with Crippen molar-refractivity contribution in [2.75, 3.05) is 0 Å². The zero-order valence-corrected chi connectivity index (χ0v) is 11.9. The van der Waals surface area contributed by atoms with Gasteiger partial charge >= 0.3 is 11.9 Å². The van der Waals surface area contributed by atoms with Crippen LogP contribution in [0.4, 0.5) is 0 Å². The largest absolute Gasteiger partial charge is 0.458 e. The Morgan fingerprint density at radius 1 is 1.14 bits per heavy atom. The highest BCUT2D eigenvalue weighted by Crippen LogP contribution is 2.04. The Bertz CT molecular complexity index is 494. The number of aliphatic hydroxyl groups excluding tert-OH is 1. The van der Waals surface area contributed by atoms with Crippen LogP contribution in [0.5, 0.6) is 0 Å². The quantitative estimate of drug-likeness (QED) is 0.596. The molecule has 0 amide bonds. The van der Waals surface area contributed by atoms with Gasteiger partial charge in [-0.3, -0.25) is 9.59 Å². The third-order valence-corrected chi connectivity index (χ3v) is 2.65. The Kier molecular flexibility index (Phi) is 6.55. The molecule has 0 saturated carbocycles. The van der Waals surface area contributed by atoms with Gasteiger partial charge in [0.25, 0.3) is 0 Å². The van der Waals surface area contributed by atoms with E-state index in [2.05, 4.69) is 0 Å². The van der Waals surface area contributed by atoms with Gasteiger partial charge in [0, 0.05) is 0 Å². The van der Waals surface area contributed by atoms with Gasteiger partial charge in [0.1, 0.15) is 19.1 Å². The van der Waals surface area contributed by atoms with Crippen molar-refractivity contribution in [2.24, 2.45) is 0 Å². The van der Waals surface area contributed by atoms with Crippen molar-refractivity contribution in [3.63, 3.8) is 0 Å². The molecule has 1 aromatic carbocycles. The van der Waals surface area contributed by atoms with Crippen molar-refractivity contribution in [1.82, 2.24) is 0 Å². The van der Waals surface area contributed by atoms with E-state index in [4.69, 9.17) is 14.6 Å². The number of hydrogen-bond acceptors (Lipinski definition) is 6.